The number of halogens is 2. The van der Waals surface area contributed by atoms with Gasteiger partial charge in [0.15, 0.2) is 11.6 Å². The highest BCUT2D eigenvalue weighted by Crippen LogP contribution is 2.43. The first-order valence-electron chi connectivity index (χ1n) is 7.46. The van der Waals surface area contributed by atoms with E-state index in [1.54, 1.807) is 23.5 Å². The lowest BCUT2D eigenvalue weighted by Gasteiger charge is -2.32. The van der Waals surface area contributed by atoms with Gasteiger partial charge < -0.3 is 5.32 Å². The van der Waals surface area contributed by atoms with E-state index in [1.165, 1.54) is 16.5 Å². The average Bonchev–Trinajstić information content (AvgIpc) is 2.97. The molecule has 0 bridgehead atoms. The van der Waals surface area contributed by atoms with Crippen LogP contribution < -0.4 is 5.32 Å². The van der Waals surface area contributed by atoms with E-state index in [0.717, 1.165) is 25.8 Å². The molecule has 0 saturated carbocycles. The van der Waals surface area contributed by atoms with E-state index >= 15 is 0 Å². The molecule has 0 amide bonds. The summed E-state index contributed by atoms with van der Waals surface area (Å²) >= 11 is 1.77. The summed E-state index contributed by atoms with van der Waals surface area (Å²) in [6.45, 7) is 2.73. The third-order valence-electron chi connectivity index (χ3n) is 4.24. The number of hydrogen-bond acceptors (Lipinski definition) is 2. The van der Waals surface area contributed by atoms with E-state index in [2.05, 4.69) is 16.8 Å². The third kappa shape index (κ3) is 2.74. The summed E-state index contributed by atoms with van der Waals surface area (Å²) in [5, 5.41) is 5.47. The van der Waals surface area contributed by atoms with Gasteiger partial charge in [0.2, 0.25) is 0 Å². The van der Waals surface area contributed by atoms with Gasteiger partial charge in [-0.2, -0.15) is 0 Å². The van der Waals surface area contributed by atoms with Crippen molar-refractivity contribution >= 4 is 11.3 Å². The Morgan fingerprint density at radius 2 is 2.19 bits per heavy atom. The van der Waals surface area contributed by atoms with Crippen LogP contribution in [0.4, 0.5) is 8.78 Å². The Morgan fingerprint density at radius 3 is 3.00 bits per heavy atom. The van der Waals surface area contributed by atoms with Gasteiger partial charge in [-0.25, -0.2) is 8.78 Å². The first kappa shape index (κ1) is 14.7. The summed E-state index contributed by atoms with van der Waals surface area (Å²) in [4.78, 5) is 1.39. The fourth-order valence-electron chi connectivity index (χ4n) is 3.32. The van der Waals surface area contributed by atoms with Crippen LogP contribution in [0.25, 0.3) is 0 Å². The Hall–Kier alpha value is -1.26. The highest BCUT2D eigenvalue weighted by atomic mass is 32.1. The molecular weight excluding hydrogens is 288 g/mol. The van der Waals surface area contributed by atoms with Crippen molar-refractivity contribution < 1.29 is 8.78 Å². The molecule has 112 valence electrons. The number of rotatable bonds is 4. The Bertz CT molecular complexity index is 623. The maximum absolute atomic E-state index is 14.2. The molecule has 1 nitrogen and oxygen atoms in total. The van der Waals surface area contributed by atoms with Crippen LogP contribution in [-0.4, -0.2) is 6.54 Å². The van der Waals surface area contributed by atoms with Gasteiger partial charge in [0.1, 0.15) is 0 Å². The molecule has 21 heavy (non-hydrogen) atoms. The molecule has 1 aliphatic carbocycles. The molecule has 4 heteroatoms. The zero-order chi connectivity index (χ0) is 14.8. The van der Waals surface area contributed by atoms with Gasteiger partial charge in [-0.1, -0.05) is 19.1 Å². The lowest BCUT2D eigenvalue weighted by molar-refractivity contribution is 0.390. The molecule has 2 unspecified atom stereocenters. The molecule has 1 heterocycles. The molecule has 0 radical (unpaired) electrons. The van der Waals surface area contributed by atoms with Crippen molar-refractivity contribution in [3.63, 3.8) is 0 Å². The van der Waals surface area contributed by atoms with E-state index in [1.807, 2.05) is 6.92 Å². The van der Waals surface area contributed by atoms with Crippen molar-refractivity contribution in [2.75, 3.05) is 6.54 Å². The first-order valence-corrected chi connectivity index (χ1v) is 8.34. The zero-order valence-corrected chi connectivity index (χ0v) is 12.9. The SMILES string of the molecule is CCNC(c1cccc(F)c1F)C1CCCc2sccc21. The maximum atomic E-state index is 14.2. The van der Waals surface area contributed by atoms with Crippen molar-refractivity contribution in [3.05, 3.63) is 57.3 Å². The molecule has 1 N–H and O–H groups in total. The molecule has 0 spiro atoms. The van der Waals surface area contributed by atoms with E-state index < -0.39 is 11.6 Å². The fraction of sp³-hybridized carbons (Fsp3) is 0.412. The van der Waals surface area contributed by atoms with E-state index in [4.69, 9.17) is 0 Å². The minimum Gasteiger partial charge on any atom is -0.310 e. The number of likely N-dealkylation sites (N-methyl/N-ethyl adjacent to an activating group) is 1. The Balaban J connectivity index is 2.02. The number of nitrogens with one attached hydrogen (secondary N) is 1. The van der Waals surface area contributed by atoms with Crippen molar-refractivity contribution in [1.29, 1.82) is 0 Å². The molecule has 1 aliphatic rings. The number of thiophene rings is 1. The molecule has 2 atom stereocenters. The van der Waals surface area contributed by atoms with Crippen LogP contribution in [-0.2, 0) is 6.42 Å². The summed E-state index contributed by atoms with van der Waals surface area (Å²) < 4.78 is 27.8. The van der Waals surface area contributed by atoms with Gasteiger partial charge in [-0.3, -0.25) is 0 Å². The van der Waals surface area contributed by atoms with Crippen LogP contribution in [0.1, 0.15) is 47.7 Å². The largest absolute Gasteiger partial charge is 0.310 e. The van der Waals surface area contributed by atoms with E-state index in [9.17, 15) is 8.78 Å². The maximum Gasteiger partial charge on any atom is 0.163 e. The Morgan fingerprint density at radius 1 is 1.33 bits per heavy atom. The third-order valence-corrected chi connectivity index (χ3v) is 5.24. The lowest BCUT2D eigenvalue weighted by Crippen LogP contribution is -2.29. The molecule has 1 aromatic heterocycles. The Kier molecular flexibility index (Phi) is 4.36. The number of benzene rings is 1. The summed E-state index contributed by atoms with van der Waals surface area (Å²) in [5.74, 6) is -1.26. The molecule has 2 aromatic rings. The highest BCUT2D eigenvalue weighted by Gasteiger charge is 2.31. The van der Waals surface area contributed by atoms with Crippen molar-refractivity contribution in [2.45, 2.75) is 38.1 Å². The highest BCUT2D eigenvalue weighted by molar-refractivity contribution is 7.10. The first-order chi connectivity index (χ1) is 10.2. The smallest absolute Gasteiger partial charge is 0.163 e. The molecule has 1 aromatic carbocycles. The molecule has 0 aliphatic heterocycles. The van der Waals surface area contributed by atoms with Crippen LogP contribution in [0.3, 0.4) is 0 Å². The summed E-state index contributed by atoms with van der Waals surface area (Å²) in [6.07, 6.45) is 3.22. The van der Waals surface area contributed by atoms with Crippen molar-refractivity contribution in [2.24, 2.45) is 0 Å². The summed E-state index contributed by atoms with van der Waals surface area (Å²) in [5.41, 5.74) is 1.75. The fourth-order valence-corrected chi connectivity index (χ4v) is 4.31. The normalized spacial score (nSPS) is 19.3. The second-order valence-electron chi connectivity index (χ2n) is 5.48. The molecule has 0 fully saturated rings. The predicted molar refractivity (Wildman–Crippen MR) is 82.8 cm³/mol. The summed E-state index contributed by atoms with van der Waals surface area (Å²) in [7, 11) is 0. The minimum absolute atomic E-state index is 0.167. The van der Waals surface area contributed by atoms with Crippen LogP contribution in [0.5, 0.6) is 0 Å². The monoisotopic (exact) mass is 307 g/mol. The molecular formula is C17H19F2NS. The predicted octanol–water partition coefficient (Wildman–Crippen LogP) is 4.80. The van der Waals surface area contributed by atoms with Gasteiger partial charge in [-0.15, -0.1) is 11.3 Å². The lowest BCUT2D eigenvalue weighted by atomic mass is 9.79. The van der Waals surface area contributed by atoms with E-state index in [-0.39, 0.29) is 12.0 Å². The van der Waals surface area contributed by atoms with Crippen LogP contribution in [0.2, 0.25) is 0 Å². The van der Waals surface area contributed by atoms with Gasteiger partial charge in [0.25, 0.3) is 0 Å². The Labute approximate surface area is 128 Å². The van der Waals surface area contributed by atoms with E-state index in [0.29, 0.717) is 5.56 Å². The average molecular weight is 307 g/mol. The minimum atomic E-state index is -0.767. The zero-order valence-electron chi connectivity index (χ0n) is 12.0. The number of hydrogen-bond donors (Lipinski definition) is 1. The summed E-state index contributed by atoms with van der Waals surface area (Å²) in [6, 6.07) is 6.45. The number of aryl methyl sites for hydroxylation is 1. The number of fused-ring (bicyclic) bond motifs is 1. The van der Waals surface area contributed by atoms with Crippen LogP contribution in [0.15, 0.2) is 29.6 Å². The van der Waals surface area contributed by atoms with Gasteiger partial charge >= 0.3 is 0 Å². The van der Waals surface area contributed by atoms with Crippen molar-refractivity contribution in [1.82, 2.24) is 5.32 Å². The molecule has 0 saturated heterocycles. The quantitative estimate of drug-likeness (QED) is 0.856. The van der Waals surface area contributed by atoms with Crippen molar-refractivity contribution in [3.8, 4) is 0 Å². The topological polar surface area (TPSA) is 12.0 Å². The van der Waals surface area contributed by atoms with Gasteiger partial charge in [0.05, 0.1) is 0 Å². The second kappa shape index (κ2) is 6.24. The second-order valence-corrected chi connectivity index (χ2v) is 6.48. The molecule has 3 rings (SSSR count). The van der Waals surface area contributed by atoms with Crippen LogP contribution >= 0.6 is 11.3 Å². The van der Waals surface area contributed by atoms with Crippen LogP contribution in [0, 0.1) is 11.6 Å². The van der Waals surface area contributed by atoms with Gasteiger partial charge in [0, 0.05) is 22.4 Å². The van der Waals surface area contributed by atoms with Gasteiger partial charge in [-0.05, 0) is 48.9 Å². The standard InChI is InChI=1S/C17H19F2NS/c1-2-20-17(13-6-3-7-14(18)16(13)19)12-5-4-8-15-11(12)9-10-21-15/h3,6-7,9-10,12,17,20H,2,4-5,8H2,1H3.